The molecule has 1 aliphatic rings. The maximum Gasteiger partial charge on any atom is 0.338 e. The molecule has 0 atom stereocenters. The Hall–Kier alpha value is -2.61. The molecule has 1 aliphatic heterocycles. The molecule has 7 nitrogen and oxygen atoms in total. The lowest BCUT2D eigenvalue weighted by molar-refractivity contribution is -0.119. The largest absolute Gasteiger partial charge is 0.452 e. The van der Waals surface area contributed by atoms with Crippen LogP contribution in [0.1, 0.15) is 31.1 Å². The van der Waals surface area contributed by atoms with Crippen LogP contribution in [0.2, 0.25) is 15.1 Å². The third-order valence-electron chi connectivity index (χ3n) is 3.94. The minimum atomic E-state index is -0.826. The first kappa shape index (κ1) is 20.1. The Morgan fingerprint density at radius 3 is 2.32 bits per heavy atom. The number of anilines is 1. The van der Waals surface area contributed by atoms with Gasteiger partial charge in [0.25, 0.3) is 17.7 Å². The number of ether oxygens (including phenoxy) is 1. The van der Waals surface area contributed by atoms with E-state index >= 15 is 0 Å². The first-order valence-corrected chi connectivity index (χ1v) is 8.90. The van der Waals surface area contributed by atoms with E-state index in [1.165, 1.54) is 37.4 Å². The summed E-state index contributed by atoms with van der Waals surface area (Å²) in [5.74, 6) is -2.44. The molecule has 2 aromatic rings. The third-order valence-corrected chi connectivity index (χ3v) is 4.98. The van der Waals surface area contributed by atoms with Crippen molar-refractivity contribution in [2.45, 2.75) is 0 Å². The lowest BCUT2D eigenvalue weighted by atomic mass is 10.1. The molecule has 0 aliphatic carbocycles. The van der Waals surface area contributed by atoms with Gasteiger partial charge in [-0.2, -0.15) is 0 Å². The van der Waals surface area contributed by atoms with Gasteiger partial charge >= 0.3 is 5.97 Å². The fraction of sp³-hybridized carbons (Fsp3) is 0.111. The molecule has 1 heterocycles. The summed E-state index contributed by atoms with van der Waals surface area (Å²) < 4.78 is 4.94. The van der Waals surface area contributed by atoms with Crippen molar-refractivity contribution in [1.29, 1.82) is 0 Å². The average Bonchev–Trinajstić information content (AvgIpc) is 2.88. The van der Waals surface area contributed by atoms with Gasteiger partial charge in [-0.05, 0) is 30.3 Å². The molecule has 0 aromatic heterocycles. The monoisotopic (exact) mass is 440 g/mol. The van der Waals surface area contributed by atoms with Gasteiger partial charge in [0, 0.05) is 7.05 Å². The molecular formula is C18H11Cl3N2O5. The first-order valence-electron chi connectivity index (χ1n) is 7.77. The van der Waals surface area contributed by atoms with Crippen LogP contribution in [0.4, 0.5) is 5.69 Å². The molecule has 0 spiro atoms. The minimum Gasteiger partial charge on any atom is -0.452 e. The fourth-order valence-corrected chi connectivity index (χ4v) is 3.10. The van der Waals surface area contributed by atoms with Crippen molar-refractivity contribution in [2.75, 3.05) is 19.0 Å². The Morgan fingerprint density at radius 2 is 1.61 bits per heavy atom. The second kappa shape index (κ2) is 7.79. The first-order chi connectivity index (χ1) is 13.2. The van der Waals surface area contributed by atoms with Gasteiger partial charge in [-0.15, -0.1) is 0 Å². The summed E-state index contributed by atoms with van der Waals surface area (Å²) in [5, 5.41) is 3.04. The van der Waals surface area contributed by atoms with Crippen molar-refractivity contribution in [3.05, 3.63) is 62.1 Å². The quantitative estimate of drug-likeness (QED) is 0.444. The number of imide groups is 1. The molecule has 28 heavy (non-hydrogen) atoms. The summed E-state index contributed by atoms with van der Waals surface area (Å²) >= 11 is 17.7. The Balaban J connectivity index is 1.65. The highest BCUT2D eigenvalue weighted by Gasteiger charge is 2.33. The Labute approximate surface area is 174 Å². The van der Waals surface area contributed by atoms with E-state index in [0.717, 1.165) is 4.90 Å². The summed E-state index contributed by atoms with van der Waals surface area (Å²) in [5.41, 5.74) is 0.558. The van der Waals surface area contributed by atoms with Crippen LogP contribution in [0, 0.1) is 0 Å². The topological polar surface area (TPSA) is 92.8 Å². The zero-order valence-corrected chi connectivity index (χ0v) is 16.5. The fourth-order valence-electron chi connectivity index (χ4n) is 2.51. The van der Waals surface area contributed by atoms with Crippen molar-refractivity contribution in [2.24, 2.45) is 0 Å². The van der Waals surface area contributed by atoms with Crippen LogP contribution in [-0.2, 0) is 9.53 Å². The molecular weight excluding hydrogens is 431 g/mol. The highest BCUT2D eigenvalue weighted by atomic mass is 35.5. The summed E-state index contributed by atoms with van der Waals surface area (Å²) in [6.07, 6.45) is 0. The molecule has 0 fully saturated rings. The Kier molecular flexibility index (Phi) is 5.60. The number of nitrogens with zero attached hydrogens (tertiary/aromatic N) is 1. The highest BCUT2D eigenvalue weighted by molar-refractivity contribution is 6.44. The maximum atomic E-state index is 12.2. The predicted molar refractivity (Wildman–Crippen MR) is 103 cm³/mol. The van der Waals surface area contributed by atoms with E-state index in [9.17, 15) is 19.2 Å². The smallest absolute Gasteiger partial charge is 0.338 e. The molecule has 3 amide bonds. The third kappa shape index (κ3) is 3.82. The molecule has 2 aromatic carbocycles. The van der Waals surface area contributed by atoms with E-state index in [2.05, 4.69) is 5.32 Å². The maximum absolute atomic E-state index is 12.2. The van der Waals surface area contributed by atoms with Gasteiger partial charge in [0.2, 0.25) is 0 Å². The van der Waals surface area contributed by atoms with Crippen molar-refractivity contribution in [1.82, 2.24) is 4.90 Å². The van der Waals surface area contributed by atoms with Crippen molar-refractivity contribution < 1.29 is 23.9 Å². The summed E-state index contributed by atoms with van der Waals surface area (Å²) in [4.78, 5) is 49.0. The lowest BCUT2D eigenvalue weighted by Gasteiger charge is -2.09. The SMILES string of the molecule is CN1C(=O)c2ccc(C(=O)OCC(=O)Nc3cc(Cl)c(Cl)cc3Cl)cc2C1=O. The van der Waals surface area contributed by atoms with E-state index in [4.69, 9.17) is 39.5 Å². The minimum absolute atomic E-state index is 0.0376. The van der Waals surface area contributed by atoms with E-state index in [1.54, 1.807) is 0 Å². The predicted octanol–water partition coefficient (Wildman–Crippen LogP) is 3.67. The lowest BCUT2D eigenvalue weighted by Crippen LogP contribution is -2.24. The number of carbonyl (C=O) groups excluding carboxylic acids is 4. The zero-order valence-electron chi connectivity index (χ0n) is 14.2. The number of hydrogen-bond donors (Lipinski definition) is 1. The number of halogens is 3. The molecule has 1 N–H and O–H groups in total. The number of rotatable bonds is 4. The van der Waals surface area contributed by atoms with Gasteiger partial charge in [0.1, 0.15) is 0 Å². The summed E-state index contributed by atoms with van der Waals surface area (Å²) in [6.45, 7) is -0.598. The number of carbonyl (C=O) groups is 4. The number of nitrogens with one attached hydrogen (secondary N) is 1. The molecule has 0 radical (unpaired) electrons. The number of amides is 3. The van der Waals surface area contributed by atoms with Crippen LogP contribution in [0.5, 0.6) is 0 Å². The van der Waals surface area contributed by atoms with Crippen LogP contribution in [0.15, 0.2) is 30.3 Å². The van der Waals surface area contributed by atoms with Gasteiger partial charge in [-0.3, -0.25) is 19.3 Å². The standard InChI is InChI=1S/C18H11Cl3N2O5/c1-23-16(25)9-3-2-8(4-10(9)17(23)26)18(27)28-7-15(24)22-14-6-12(20)11(19)5-13(14)21/h2-6H,7H2,1H3,(H,22,24). The van der Waals surface area contributed by atoms with Gasteiger partial charge in [-0.1, -0.05) is 34.8 Å². The summed E-state index contributed by atoms with van der Waals surface area (Å²) in [7, 11) is 1.35. The van der Waals surface area contributed by atoms with Gasteiger partial charge in [-0.25, -0.2) is 4.79 Å². The summed E-state index contributed by atoms with van der Waals surface area (Å²) in [6, 6.07) is 6.71. The number of fused-ring (bicyclic) bond motifs is 1. The zero-order chi connectivity index (χ0) is 20.6. The van der Waals surface area contributed by atoms with Gasteiger partial charge < -0.3 is 10.1 Å². The molecule has 0 saturated carbocycles. The van der Waals surface area contributed by atoms with Crippen LogP contribution in [0.25, 0.3) is 0 Å². The normalized spacial score (nSPS) is 12.8. The van der Waals surface area contributed by atoms with E-state index in [1.807, 2.05) is 0 Å². The number of hydrogen-bond acceptors (Lipinski definition) is 5. The second-order valence-electron chi connectivity index (χ2n) is 5.80. The Bertz CT molecular complexity index is 1040. The van der Waals surface area contributed by atoms with Gasteiger partial charge in [0.05, 0.1) is 37.4 Å². The van der Waals surface area contributed by atoms with Crippen molar-refractivity contribution in [3.63, 3.8) is 0 Å². The molecule has 0 saturated heterocycles. The number of esters is 1. The molecule has 3 rings (SSSR count). The average molecular weight is 442 g/mol. The molecule has 0 bridgehead atoms. The van der Waals surface area contributed by atoms with Crippen LogP contribution < -0.4 is 5.32 Å². The highest BCUT2D eigenvalue weighted by Crippen LogP contribution is 2.32. The van der Waals surface area contributed by atoms with E-state index in [0.29, 0.717) is 0 Å². The van der Waals surface area contributed by atoms with E-state index in [-0.39, 0.29) is 37.4 Å². The molecule has 144 valence electrons. The molecule has 10 heteroatoms. The van der Waals surface area contributed by atoms with E-state index < -0.39 is 30.3 Å². The van der Waals surface area contributed by atoms with Crippen molar-refractivity contribution in [3.8, 4) is 0 Å². The van der Waals surface area contributed by atoms with Crippen LogP contribution in [-0.4, -0.2) is 42.2 Å². The van der Waals surface area contributed by atoms with Crippen LogP contribution >= 0.6 is 34.8 Å². The molecule has 0 unspecified atom stereocenters. The number of benzene rings is 2. The van der Waals surface area contributed by atoms with Gasteiger partial charge in [0.15, 0.2) is 6.61 Å². The Morgan fingerprint density at radius 1 is 0.964 bits per heavy atom. The van der Waals surface area contributed by atoms with Crippen molar-refractivity contribution >= 4 is 64.2 Å². The second-order valence-corrected chi connectivity index (χ2v) is 7.02. The van der Waals surface area contributed by atoms with Crippen LogP contribution in [0.3, 0.4) is 0 Å².